The summed E-state index contributed by atoms with van der Waals surface area (Å²) in [6.07, 6.45) is 0. The molecular formula is C24H21NO2. The minimum Gasteiger partial charge on any atom is -0.341 e. The molecule has 0 aliphatic carbocycles. The molecule has 134 valence electrons. The summed E-state index contributed by atoms with van der Waals surface area (Å²) in [5.41, 5.74) is 5.32. The number of carbonyl (C=O) groups is 2. The summed E-state index contributed by atoms with van der Waals surface area (Å²) < 4.78 is 2.22. The van der Waals surface area contributed by atoms with Crippen molar-refractivity contribution in [2.75, 3.05) is 0 Å². The molecule has 3 nitrogen and oxygen atoms in total. The van der Waals surface area contributed by atoms with E-state index >= 15 is 0 Å². The highest BCUT2D eigenvalue weighted by Crippen LogP contribution is 2.31. The fourth-order valence-electron chi connectivity index (χ4n) is 3.68. The fraction of sp³-hybridized carbons (Fsp3) is 0.167. The van der Waals surface area contributed by atoms with Gasteiger partial charge in [-0.25, -0.2) is 0 Å². The van der Waals surface area contributed by atoms with Crippen LogP contribution in [0.3, 0.4) is 0 Å². The van der Waals surface area contributed by atoms with Crippen molar-refractivity contribution in [3.8, 4) is 0 Å². The van der Waals surface area contributed by atoms with E-state index in [9.17, 15) is 9.59 Å². The van der Waals surface area contributed by atoms with Gasteiger partial charge in [0.1, 0.15) is 0 Å². The zero-order valence-corrected chi connectivity index (χ0v) is 15.7. The molecule has 1 aromatic heterocycles. The first kappa shape index (κ1) is 17.2. The number of ketones is 2. The molecule has 4 aromatic rings. The Labute approximate surface area is 158 Å². The first-order valence-corrected chi connectivity index (χ1v) is 9.18. The van der Waals surface area contributed by atoms with Crippen LogP contribution in [0.5, 0.6) is 0 Å². The minimum atomic E-state index is 0.0111. The number of hydrogen-bond donors (Lipinski definition) is 0. The molecule has 0 amide bonds. The Morgan fingerprint density at radius 3 is 1.85 bits per heavy atom. The van der Waals surface area contributed by atoms with Crippen LogP contribution in [0.25, 0.3) is 21.8 Å². The second-order valence-corrected chi connectivity index (χ2v) is 6.96. The molecule has 0 atom stereocenters. The van der Waals surface area contributed by atoms with Gasteiger partial charge in [-0.05, 0) is 57.2 Å². The van der Waals surface area contributed by atoms with Crippen LogP contribution in [0, 0.1) is 6.92 Å². The zero-order valence-electron chi connectivity index (χ0n) is 15.7. The Morgan fingerprint density at radius 2 is 1.30 bits per heavy atom. The lowest BCUT2D eigenvalue weighted by Gasteiger charge is -2.05. The molecule has 3 aromatic carbocycles. The zero-order chi connectivity index (χ0) is 19.1. The summed E-state index contributed by atoms with van der Waals surface area (Å²) in [5, 5.41) is 2.02. The summed E-state index contributed by atoms with van der Waals surface area (Å²) in [7, 11) is 0. The SMILES string of the molecule is CCn1c2ccc(C(C)=O)cc2c2cc(C(=O)c3ccc(C)cc3)ccc21. The second kappa shape index (κ2) is 6.51. The van der Waals surface area contributed by atoms with E-state index in [0.29, 0.717) is 16.7 Å². The third kappa shape index (κ3) is 2.85. The molecule has 0 radical (unpaired) electrons. The number of nitrogens with zero attached hydrogens (tertiary/aromatic N) is 1. The van der Waals surface area contributed by atoms with Crippen LogP contribution in [-0.2, 0) is 6.54 Å². The van der Waals surface area contributed by atoms with Gasteiger partial charge in [-0.15, -0.1) is 0 Å². The predicted octanol–water partition coefficient (Wildman–Crippen LogP) is 5.56. The first-order valence-electron chi connectivity index (χ1n) is 9.18. The van der Waals surface area contributed by atoms with E-state index in [4.69, 9.17) is 0 Å². The number of rotatable bonds is 4. The molecule has 4 rings (SSSR count). The second-order valence-electron chi connectivity index (χ2n) is 6.96. The van der Waals surface area contributed by atoms with Crippen LogP contribution in [-0.4, -0.2) is 16.1 Å². The van der Waals surface area contributed by atoms with Crippen molar-refractivity contribution < 1.29 is 9.59 Å². The standard InChI is InChI=1S/C24H21NO2/c1-4-25-22-11-9-18(16(3)26)13-20(22)21-14-19(10-12-23(21)25)24(27)17-7-5-15(2)6-8-17/h5-14H,4H2,1-3H3. The summed E-state index contributed by atoms with van der Waals surface area (Å²) in [4.78, 5) is 24.8. The number of hydrogen-bond acceptors (Lipinski definition) is 2. The number of carbonyl (C=O) groups excluding carboxylic acids is 2. The summed E-state index contributed by atoms with van der Waals surface area (Å²) >= 11 is 0. The molecule has 0 spiro atoms. The van der Waals surface area contributed by atoms with Crippen LogP contribution in [0.15, 0.2) is 60.7 Å². The molecule has 27 heavy (non-hydrogen) atoms. The average Bonchev–Trinajstić information content (AvgIpc) is 3.00. The van der Waals surface area contributed by atoms with Crippen LogP contribution >= 0.6 is 0 Å². The van der Waals surface area contributed by atoms with Crippen LogP contribution in [0.4, 0.5) is 0 Å². The third-order valence-electron chi connectivity index (χ3n) is 5.16. The minimum absolute atomic E-state index is 0.0111. The van der Waals surface area contributed by atoms with Crippen molar-refractivity contribution in [1.82, 2.24) is 4.57 Å². The molecule has 0 N–H and O–H groups in total. The van der Waals surface area contributed by atoms with E-state index in [1.165, 1.54) is 0 Å². The van der Waals surface area contributed by atoms with Gasteiger partial charge in [-0.2, -0.15) is 0 Å². The Bertz CT molecular complexity index is 1200. The number of aryl methyl sites for hydroxylation is 2. The highest BCUT2D eigenvalue weighted by Gasteiger charge is 2.15. The highest BCUT2D eigenvalue weighted by molar-refractivity contribution is 6.15. The topological polar surface area (TPSA) is 39.1 Å². The number of fused-ring (bicyclic) bond motifs is 3. The molecule has 0 aliphatic heterocycles. The lowest BCUT2D eigenvalue weighted by atomic mass is 10.00. The van der Waals surface area contributed by atoms with Crippen molar-refractivity contribution >= 4 is 33.4 Å². The summed E-state index contributed by atoms with van der Waals surface area (Å²) in [6.45, 7) is 6.51. The molecule has 0 fully saturated rings. The summed E-state index contributed by atoms with van der Waals surface area (Å²) in [6, 6.07) is 19.3. The van der Waals surface area contributed by atoms with Gasteiger partial charge in [0.25, 0.3) is 0 Å². The maximum absolute atomic E-state index is 12.9. The van der Waals surface area contributed by atoms with Gasteiger partial charge in [0.05, 0.1) is 0 Å². The van der Waals surface area contributed by atoms with E-state index in [1.807, 2.05) is 67.6 Å². The van der Waals surface area contributed by atoms with E-state index in [0.717, 1.165) is 33.9 Å². The van der Waals surface area contributed by atoms with Crippen LogP contribution in [0.2, 0.25) is 0 Å². The smallest absolute Gasteiger partial charge is 0.193 e. The van der Waals surface area contributed by atoms with Gasteiger partial charge >= 0.3 is 0 Å². The van der Waals surface area contributed by atoms with Crippen molar-refractivity contribution in [3.63, 3.8) is 0 Å². The lowest BCUT2D eigenvalue weighted by molar-refractivity contribution is 0.101. The molecule has 3 heteroatoms. The van der Waals surface area contributed by atoms with Crippen LogP contribution < -0.4 is 0 Å². The maximum atomic E-state index is 12.9. The normalized spacial score (nSPS) is 11.2. The van der Waals surface area contributed by atoms with Gasteiger partial charge in [-0.1, -0.05) is 29.8 Å². The average molecular weight is 355 g/mol. The Hall–Kier alpha value is -3.20. The van der Waals surface area contributed by atoms with Gasteiger partial charge in [0.2, 0.25) is 0 Å². The molecule has 0 saturated carbocycles. The Morgan fingerprint density at radius 1 is 0.778 bits per heavy atom. The maximum Gasteiger partial charge on any atom is 0.193 e. The highest BCUT2D eigenvalue weighted by atomic mass is 16.1. The van der Waals surface area contributed by atoms with E-state index < -0.39 is 0 Å². The molecular weight excluding hydrogens is 334 g/mol. The van der Waals surface area contributed by atoms with Crippen molar-refractivity contribution in [2.45, 2.75) is 27.3 Å². The predicted molar refractivity (Wildman–Crippen MR) is 110 cm³/mol. The van der Waals surface area contributed by atoms with Gasteiger partial charge in [0, 0.05) is 45.0 Å². The Kier molecular flexibility index (Phi) is 4.15. The lowest BCUT2D eigenvalue weighted by Crippen LogP contribution is -2.01. The van der Waals surface area contributed by atoms with Crippen molar-refractivity contribution in [3.05, 3.63) is 82.9 Å². The molecule has 1 heterocycles. The van der Waals surface area contributed by atoms with Crippen LogP contribution in [0.1, 0.15) is 45.7 Å². The van der Waals surface area contributed by atoms with E-state index in [-0.39, 0.29) is 11.6 Å². The Balaban J connectivity index is 1.93. The molecule has 0 aliphatic rings. The molecule has 0 saturated heterocycles. The summed E-state index contributed by atoms with van der Waals surface area (Å²) in [5.74, 6) is 0.0539. The first-order chi connectivity index (χ1) is 13.0. The van der Waals surface area contributed by atoms with Crippen molar-refractivity contribution in [1.29, 1.82) is 0 Å². The number of Topliss-reactive ketones (excluding diaryl/α,β-unsaturated/α-hetero) is 1. The van der Waals surface area contributed by atoms with E-state index in [2.05, 4.69) is 11.5 Å². The van der Waals surface area contributed by atoms with Crippen molar-refractivity contribution in [2.24, 2.45) is 0 Å². The molecule has 0 unspecified atom stereocenters. The van der Waals surface area contributed by atoms with Gasteiger partial charge < -0.3 is 4.57 Å². The quantitative estimate of drug-likeness (QED) is 0.450. The number of aromatic nitrogens is 1. The third-order valence-corrected chi connectivity index (χ3v) is 5.16. The molecule has 0 bridgehead atoms. The van der Waals surface area contributed by atoms with E-state index in [1.54, 1.807) is 6.92 Å². The largest absolute Gasteiger partial charge is 0.341 e. The number of benzene rings is 3. The monoisotopic (exact) mass is 355 g/mol. The van der Waals surface area contributed by atoms with Gasteiger partial charge in [0.15, 0.2) is 11.6 Å². The fourth-order valence-corrected chi connectivity index (χ4v) is 3.68. The van der Waals surface area contributed by atoms with Gasteiger partial charge in [-0.3, -0.25) is 9.59 Å².